The van der Waals surface area contributed by atoms with Crippen molar-refractivity contribution in [3.8, 4) is 11.8 Å². The third kappa shape index (κ3) is 4.19. The van der Waals surface area contributed by atoms with Crippen molar-refractivity contribution in [3.63, 3.8) is 0 Å². The lowest BCUT2D eigenvalue weighted by atomic mass is 10.2. The zero-order chi connectivity index (χ0) is 19.5. The van der Waals surface area contributed by atoms with Crippen molar-refractivity contribution in [2.24, 2.45) is 0 Å². The molecule has 0 saturated heterocycles. The van der Waals surface area contributed by atoms with E-state index in [4.69, 9.17) is 16.9 Å². The standard InChI is InChI=1S/C20H16ClN5OS/c21-17-10-15(9-8-14(17)11-22)23-18(27)12-28-20-24-19(13-6-7-13)26(25-20)16-4-2-1-3-5-16/h1-5,8-10,13H,6-7,12H2,(H,23,27). The molecule has 2 aromatic carbocycles. The Morgan fingerprint density at radius 2 is 2.07 bits per heavy atom. The van der Waals surface area contributed by atoms with Gasteiger partial charge >= 0.3 is 0 Å². The van der Waals surface area contributed by atoms with Gasteiger partial charge < -0.3 is 5.32 Å². The summed E-state index contributed by atoms with van der Waals surface area (Å²) in [4.78, 5) is 16.9. The Bertz CT molecular complexity index is 1060. The number of amides is 1. The second kappa shape index (κ2) is 8.05. The molecule has 0 spiro atoms. The smallest absolute Gasteiger partial charge is 0.234 e. The average Bonchev–Trinajstić information content (AvgIpc) is 3.46. The van der Waals surface area contributed by atoms with E-state index in [2.05, 4.69) is 15.4 Å². The Balaban J connectivity index is 1.43. The molecule has 4 rings (SSSR count). The Labute approximate surface area is 171 Å². The molecule has 0 atom stereocenters. The number of thioether (sulfide) groups is 1. The first kappa shape index (κ1) is 18.5. The molecule has 1 aromatic heterocycles. The number of hydrogen-bond acceptors (Lipinski definition) is 5. The highest BCUT2D eigenvalue weighted by Crippen LogP contribution is 2.40. The van der Waals surface area contributed by atoms with Gasteiger partial charge in [-0.25, -0.2) is 9.67 Å². The van der Waals surface area contributed by atoms with Gasteiger partial charge in [0.1, 0.15) is 11.9 Å². The fourth-order valence-corrected chi connectivity index (χ4v) is 3.59. The SMILES string of the molecule is N#Cc1ccc(NC(=O)CSc2nc(C3CC3)n(-c3ccccc3)n2)cc1Cl. The minimum absolute atomic E-state index is 0.181. The molecule has 0 bridgehead atoms. The van der Waals surface area contributed by atoms with Crippen LogP contribution >= 0.6 is 23.4 Å². The van der Waals surface area contributed by atoms with Crippen LogP contribution in [0.3, 0.4) is 0 Å². The zero-order valence-electron chi connectivity index (χ0n) is 14.8. The molecule has 0 radical (unpaired) electrons. The molecule has 28 heavy (non-hydrogen) atoms. The summed E-state index contributed by atoms with van der Waals surface area (Å²) in [6.45, 7) is 0. The van der Waals surface area contributed by atoms with Crippen LogP contribution in [-0.4, -0.2) is 26.4 Å². The molecule has 1 N–H and O–H groups in total. The second-order valence-electron chi connectivity index (χ2n) is 6.42. The molecule has 8 heteroatoms. The quantitative estimate of drug-likeness (QED) is 0.610. The summed E-state index contributed by atoms with van der Waals surface area (Å²) in [6.07, 6.45) is 2.24. The van der Waals surface area contributed by atoms with Gasteiger partial charge in [-0.05, 0) is 43.2 Å². The number of rotatable bonds is 6. The third-order valence-electron chi connectivity index (χ3n) is 4.26. The summed E-state index contributed by atoms with van der Waals surface area (Å²) in [7, 11) is 0. The van der Waals surface area contributed by atoms with E-state index in [1.165, 1.54) is 11.8 Å². The summed E-state index contributed by atoms with van der Waals surface area (Å²) in [5.74, 6) is 1.39. The maximum atomic E-state index is 12.3. The molecule has 1 fully saturated rings. The molecular formula is C20H16ClN5OS. The van der Waals surface area contributed by atoms with Gasteiger partial charge in [0.25, 0.3) is 0 Å². The number of nitriles is 1. The van der Waals surface area contributed by atoms with Crippen molar-refractivity contribution < 1.29 is 4.79 Å². The molecule has 3 aromatic rings. The molecule has 140 valence electrons. The number of anilines is 1. The van der Waals surface area contributed by atoms with E-state index in [-0.39, 0.29) is 11.7 Å². The maximum absolute atomic E-state index is 12.3. The largest absolute Gasteiger partial charge is 0.325 e. The fraction of sp³-hybridized carbons (Fsp3) is 0.200. The monoisotopic (exact) mass is 409 g/mol. The lowest BCUT2D eigenvalue weighted by Gasteiger charge is -2.05. The van der Waals surface area contributed by atoms with Crippen molar-refractivity contribution in [1.82, 2.24) is 14.8 Å². The molecule has 1 amide bonds. The van der Waals surface area contributed by atoms with Gasteiger partial charge in [0.05, 0.1) is 22.0 Å². The van der Waals surface area contributed by atoms with Gasteiger partial charge in [-0.2, -0.15) is 5.26 Å². The van der Waals surface area contributed by atoms with Crippen LogP contribution in [-0.2, 0) is 4.79 Å². The number of benzene rings is 2. The van der Waals surface area contributed by atoms with Gasteiger partial charge in [-0.15, -0.1) is 5.10 Å². The zero-order valence-corrected chi connectivity index (χ0v) is 16.4. The van der Waals surface area contributed by atoms with E-state index in [0.29, 0.717) is 27.3 Å². The molecule has 1 aliphatic rings. The highest BCUT2D eigenvalue weighted by molar-refractivity contribution is 7.99. The van der Waals surface area contributed by atoms with Crippen LogP contribution in [0.5, 0.6) is 0 Å². The molecule has 6 nitrogen and oxygen atoms in total. The van der Waals surface area contributed by atoms with Crippen molar-refractivity contribution in [2.75, 3.05) is 11.1 Å². The van der Waals surface area contributed by atoms with Crippen LogP contribution in [0.1, 0.15) is 30.1 Å². The van der Waals surface area contributed by atoms with Crippen LogP contribution in [0.15, 0.2) is 53.7 Å². The number of nitrogens with zero attached hydrogens (tertiary/aromatic N) is 4. The van der Waals surface area contributed by atoms with E-state index < -0.39 is 0 Å². The molecule has 0 unspecified atom stereocenters. The average molecular weight is 410 g/mol. The molecule has 1 heterocycles. The topological polar surface area (TPSA) is 83.6 Å². The maximum Gasteiger partial charge on any atom is 0.234 e. The normalized spacial score (nSPS) is 13.1. The van der Waals surface area contributed by atoms with E-state index in [9.17, 15) is 4.79 Å². The fourth-order valence-electron chi connectivity index (χ4n) is 2.74. The van der Waals surface area contributed by atoms with E-state index in [1.807, 2.05) is 41.1 Å². The van der Waals surface area contributed by atoms with Gasteiger partial charge in [0, 0.05) is 11.6 Å². The number of para-hydroxylation sites is 1. The van der Waals surface area contributed by atoms with Gasteiger partial charge in [-0.3, -0.25) is 4.79 Å². The first-order valence-corrected chi connectivity index (χ1v) is 10.1. The minimum Gasteiger partial charge on any atom is -0.325 e. The first-order valence-electron chi connectivity index (χ1n) is 8.78. The Hall–Kier alpha value is -2.82. The highest BCUT2D eigenvalue weighted by Gasteiger charge is 2.30. The van der Waals surface area contributed by atoms with Crippen molar-refractivity contribution in [3.05, 3.63) is 64.9 Å². The third-order valence-corrected chi connectivity index (χ3v) is 5.41. The van der Waals surface area contributed by atoms with Crippen LogP contribution in [0.25, 0.3) is 5.69 Å². The number of carbonyl (C=O) groups is 1. The number of hydrogen-bond donors (Lipinski definition) is 1. The Morgan fingerprint density at radius 1 is 1.29 bits per heavy atom. The van der Waals surface area contributed by atoms with E-state index >= 15 is 0 Å². The van der Waals surface area contributed by atoms with Crippen LogP contribution in [0.2, 0.25) is 5.02 Å². The van der Waals surface area contributed by atoms with Gasteiger partial charge in [0.15, 0.2) is 0 Å². The van der Waals surface area contributed by atoms with E-state index in [0.717, 1.165) is 24.4 Å². The summed E-state index contributed by atoms with van der Waals surface area (Å²) in [6, 6.07) is 16.7. The van der Waals surface area contributed by atoms with Crippen LogP contribution in [0, 0.1) is 11.3 Å². The Morgan fingerprint density at radius 3 is 2.75 bits per heavy atom. The first-order chi connectivity index (χ1) is 13.6. The second-order valence-corrected chi connectivity index (χ2v) is 7.77. The predicted molar refractivity (Wildman–Crippen MR) is 109 cm³/mol. The molecule has 1 saturated carbocycles. The molecule has 0 aliphatic heterocycles. The van der Waals surface area contributed by atoms with Gasteiger partial charge in [0.2, 0.25) is 11.1 Å². The summed E-state index contributed by atoms with van der Waals surface area (Å²) in [5.41, 5.74) is 1.90. The number of nitrogens with one attached hydrogen (secondary N) is 1. The Kier molecular flexibility index (Phi) is 5.33. The van der Waals surface area contributed by atoms with Crippen LogP contribution < -0.4 is 5.32 Å². The lowest BCUT2D eigenvalue weighted by molar-refractivity contribution is -0.113. The van der Waals surface area contributed by atoms with Crippen LogP contribution in [0.4, 0.5) is 5.69 Å². The predicted octanol–water partition coefficient (Wildman–Crippen LogP) is 4.40. The summed E-state index contributed by atoms with van der Waals surface area (Å²) >= 11 is 7.29. The minimum atomic E-state index is -0.185. The highest BCUT2D eigenvalue weighted by atomic mass is 35.5. The van der Waals surface area contributed by atoms with Crippen molar-refractivity contribution in [2.45, 2.75) is 23.9 Å². The summed E-state index contributed by atoms with van der Waals surface area (Å²) < 4.78 is 1.87. The number of halogens is 1. The van der Waals surface area contributed by atoms with Gasteiger partial charge in [-0.1, -0.05) is 41.6 Å². The number of carbonyl (C=O) groups excluding carboxylic acids is 1. The van der Waals surface area contributed by atoms with E-state index in [1.54, 1.807) is 18.2 Å². The van der Waals surface area contributed by atoms with Crippen molar-refractivity contribution >= 4 is 35.0 Å². The summed E-state index contributed by atoms with van der Waals surface area (Å²) in [5, 5.41) is 17.2. The van der Waals surface area contributed by atoms with Crippen molar-refractivity contribution in [1.29, 1.82) is 5.26 Å². The lowest BCUT2D eigenvalue weighted by Crippen LogP contribution is -2.14. The molecular weight excluding hydrogens is 394 g/mol. The number of aromatic nitrogens is 3. The molecule has 1 aliphatic carbocycles.